The molecule has 142 valence electrons. The average Bonchev–Trinajstić information content (AvgIpc) is 3.42. The van der Waals surface area contributed by atoms with E-state index in [1.54, 1.807) is 0 Å². The Labute approximate surface area is 161 Å². The molecule has 1 aromatic heterocycles. The number of aromatic nitrogens is 2. The second-order valence-corrected chi connectivity index (χ2v) is 7.83. The van der Waals surface area contributed by atoms with Gasteiger partial charge >= 0.3 is 0 Å². The lowest BCUT2D eigenvalue weighted by molar-refractivity contribution is -0.124. The van der Waals surface area contributed by atoms with Gasteiger partial charge in [0.15, 0.2) is 0 Å². The monoisotopic (exact) mass is 386 g/mol. The van der Waals surface area contributed by atoms with Gasteiger partial charge in [-0.15, -0.1) is 10.2 Å². The number of carbonyl (C=O) groups excluding carboxylic acids is 2. The molecular weight excluding hydrogens is 364 g/mol. The highest BCUT2D eigenvalue weighted by molar-refractivity contribution is 7.15. The third kappa shape index (κ3) is 3.72. The Hall–Kier alpha value is -2.32. The molecule has 2 fully saturated rings. The smallest absolute Gasteiger partial charge is 0.255 e. The van der Waals surface area contributed by atoms with Crippen LogP contribution in [0.2, 0.25) is 0 Å². The van der Waals surface area contributed by atoms with Crippen molar-refractivity contribution in [3.05, 3.63) is 34.8 Å². The molecule has 1 aromatic carbocycles. The number of aryl methyl sites for hydroxylation is 1. The first-order valence-corrected chi connectivity index (χ1v) is 10.1. The summed E-state index contributed by atoms with van der Waals surface area (Å²) >= 11 is 1.34. The molecule has 0 aliphatic carbocycles. The van der Waals surface area contributed by atoms with Crippen molar-refractivity contribution in [2.24, 2.45) is 0 Å². The van der Waals surface area contributed by atoms with Crippen LogP contribution in [0.15, 0.2) is 24.3 Å². The fourth-order valence-electron chi connectivity index (χ4n) is 3.60. The Morgan fingerprint density at radius 3 is 3.00 bits per heavy atom. The largest absolute Gasteiger partial charge is 0.368 e. The predicted molar refractivity (Wildman–Crippen MR) is 103 cm³/mol. The van der Waals surface area contributed by atoms with Crippen LogP contribution in [0.25, 0.3) is 0 Å². The summed E-state index contributed by atoms with van der Waals surface area (Å²) in [4.78, 5) is 26.6. The Kier molecular flexibility index (Phi) is 5.18. The van der Waals surface area contributed by atoms with E-state index in [1.807, 2.05) is 23.1 Å². The van der Waals surface area contributed by atoms with E-state index in [9.17, 15) is 9.59 Å². The van der Waals surface area contributed by atoms with Gasteiger partial charge in [0.25, 0.3) is 5.91 Å². The normalized spacial score (nSPS) is 22.4. The van der Waals surface area contributed by atoms with Gasteiger partial charge in [-0.1, -0.05) is 36.5 Å². The topological polar surface area (TPSA) is 84.4 Å². The van der Waals surface area contributed by atoms with Crippen LogP contribution in [0.3, 0.4) is 0 Å². The highest BCUT2D eigenvalue weighted by Crippen LogP contribution is 2.35. The zero-order chi connectivity index (χ0) is 18.8. The number of rotatable bonds is 5. The van der Waals surface area contributed by atoms with Gasteiger partial charge in [0.1, 0.15) is 11.1 Å². The summed E-state index contributed by atoms with van der Waals surface area (Å²) in [7, 11) is 0. The van der Waals surface area contributed by atoms with Crippen LogP contribution >= 0.6 is 11.3 Å². The van der Waals surface area contributed by atoms with Gasteiger partial charge in [0.2, 0.25) is 11.0 Å². The first kappa shape index (κ1) is 18.1. The molecule has 3 heterocycles. The van der Waals surface area contributed by atoms with Crippen LogP contribution < -0.4 is 10.2 Å². The fourth-order valence-corrected chi connectivity index (χ4v) is 4.44. The molecule has 0 radical (unpaired) electrons. The zero-order valence-electron chi connectivity index (χ0n) is 15.2. The summed E-state index contributed by atoms with van der Waals surface area (Å²) in [5, 5.41) is 12.3. The number of anilines is 2. The molecule has 2 aromatic rings. The minimum Gasteiger partial charge on any atom is -0.368 e. The standard InChI is InChI=1S/C19H22N4O3S/c1-2-12-6-3-4-7-14(12)23-11-13(10-16(23)24)18-21-22-19(27-18)20-17(25)15-8-5-9-26-15/h3-4,6-7,13,15H,2,5,8-11H2,1H3,(H,20,22,25)/t13-,15+/m1/s1. The minimum atomic E-state index is -0.397. The van der Waals surface area contributed by atoms with Gasteiger partial charge < -0.3 is 9.64 Å². The molecule has 2 aliphatic heterocycles. The van der Waals surface area contributed by atoms with Gasteiger partial charge in [0, 0.05) is 31.2 Å². The molecule has 1 N–H and O–H groups in total. The van der Waals surface area contributed by atoms with Crippen LogP contribution in [-0.2, 0) is 20.7 Å². The molecule has 2 aliphatic rings. The second kappa shape index (κ2) is 7.74. The zero-order valence-corrected chi connectivity index (χ0v) is 16.0. The molecule has 8 heteroatoms. The van der Waals surface area contributed by atoms with Crippen LogP contribution in [0.4, 0.5) is 10.8 Å². The van der Waals surface area contributed by atoms with Crippen LogP contribution in [-0.4, -0.2) is 41.3 Å². The van der Waals surface area contributed by atoms with Crippen molar-refractivity contribution in [3.63, 3.8) is 0 Å². The molecule has 0 saturated carbocycles. The Balaban J connectivity index is 1.45. The number of ether oxygens (including phenoxy) is 1. The third-order valence-corrected chi connectivity index (χ3v) is 6.03. The number of benzene rings is 1. The molecule has 2 atom stereocenters. The summed E-state index contributed by atoms with van der Waals surface area (Å²) in [6, 6.07) is 8.00. The van der Waals surface area contributed by atoms with Crippen molar-refractivity contribution in [1.29, 1.82) is 0 Å². The number of nitrogens with zero attached hydrogens (tertiary/aromatic N) is 3. The lowest BCUT2D eigenvalue weighted by Gasteiger charge is -2.19. The maximum Gasteiger partial charge on any atom is 0.255 e. The van der Waals surface area contributed by atoms with Gasteiger partial charge in [-0.2, -0.15) is 0 Å². The van der Waals surface area contributed by atoms with Crippen molar-refractivity contribution >= 4 is 34.0 Å². The van der Waals surface area contributed by atoms with E-state index in [1.165, 1.54) is 11.3 Å². The molecule has 2 amide bonds. The molecule has 0 spiro atoms. The highest BCUT2D eigenvalue weighted by Gasteiger charge is 2.35. The number of hydrogen-bond donors (Lipinski definition) is 1. The fraction of sp³-hybridized carbons (Fsp3) is 0.474. The number of carbonyl (C=O) groups is 2. The Bertz CT molecular complexity index is 847. The van der Waals surface area contributed by atoms with Gasteiger partial charge in [-0.05, 0) is 30.9 Å². The highest BCUT2D eigenvalue weighted by atomic mass is 32.1. The lowest BCUT2D eigenvalue weighted by Crippen LogP contribution is -2.26. The summed E-state index contributed by atoms with van der Waals surface area (Å²) in [6.07, 6.45) is 2.53. The predicted octanol–water partition coefficient (Wildman–Crippen LogP) is 2.74. The van der Waals surface area contributed by atoms with E-state index in [-0.39, 0.29) is 17.7 Å². The Morgan fingerprint density at radius 2 is 2.22 bits per heavy atom. The summed E-state index contributed by atoms with van der Waals surface area (Å²) in [6.45, 7) is 3.30. The van der Waals surface area contributed by atoms with E-state index >= 15 is 0 Å². The lowest BCUT2D eigenvalue weighted by atomic mass is 10.1. The van der Waals surface area contributed by atoms with Gasteiger partial charge in [-0.25, -0.2) is 0 Å². The van der Waals surface area contributed by atoms with Gasteiger partial charge in [0.05, 0.1) is 0 Å². The van der Waals surface area contributed by atoms with E-state index in [2.05, 4.69) is 28.5 Å². The number of nitrogens with one attached hydrogen (secondary N) is 1. The first-order valence-electron chi connectivity index (χ1n) is 9.30. The van der Waals surface area contributed by atoms with E-state index in [0.29, 0.717) is 24.7 Å². The van der Waals surface area contributed by atoms with Crippen molar-refractivity contribution in [2.75, 3.05) is 23.4 Å². The van der Waals surface area contributed by atoms with Crippen molar-refractivity contribution < 1.29 is 14.3 Å². The molecule has 0 bridgehead atoms. The second-order valence-electron chi connectivity index (χ2n) is 6.82. The summed E-state index contributed by atoms with van der Waals surface area (Å²) in [5.41, 5.74) is 2.14. The SMILES string of the molecule is CCc1ccccc1N1C[C@H](c2nnc(NC(=O)[C@@H]3CCCO3)s2)CC1=O. The third-order valence-electron chi connectivity index (χ3n) is 5.03. The minimum absolute atomic E-state index is 0.00621. The van der Waals surface area contributed by atoms with E-state index in [4.69, 9.17) is 4.74 Å². The van der Waals surface area contributed by atoms with Crippen molar-refractivity contribution in [2.45, 2.75) is 44.6 Å². The summed E-state index contributed by atoms with van der Waals surface area (Å²) in [5.74, 6) is -0.0782. The maximum absolute atomic E-state index is 12.6. The molecule has 7 nitrogen and oxygen atoms in total. The maximum atomic E-state index is 12.6. The molecule has 4 rings (SSSR count). The first-order chi connectivity index (χ1) is 13.2. The number of hydrogen-bond acceptors (Lipinski definition) is 6. The molecule has 0 unspecified atom stereocenters. The quantitative estimate of drug-likeness (QED) is 0.854. The van der Waals surface area contributed by atoms with Crippen LogP contribution in [0, 0.1) is 0 Å². The summed E-state index contributed by atoms with van der Waals surface area (Å²) < 4.78 is 5.39. The van der Waals surface area contributed by atoms with Crippen LogP contribution in [0.5, 0.6) is 0 Å². The van der Waals surface area contributed by atoms with Crippen LogP contribution in [0.1, 0.15) is 42.7 Å². The number of amides is 2. The van der Waals surface area contributed by atoms with E-state index < -0.39 is 6.10 Å². The van der Waals surface area contributed by atoms with Crippen molar-refractivity contribution in [1.82, 2.24) is 10.2 Å². The van der Waals surface area contributed by atoms with Crippen molar-refractivity contribution in [3.8, 4) is 0 Å². The Morgan fingerprint density at radius 1 is 1.37 bits per heavy atom. The van der Waals surface area contributed by atoms with Gasteiger partial charge in [-0.3, -0.25) is 14.9 Å². The van der Waals surface area contributed by atoms with E-state index in [0.717, 1.165) is 35.5 Å². The molecule has 27 heavy (non-hydrogen) atoms. The molecule has 2 saturated heterocycles. The average molecular weight is 386 g/mol. The molecular formula is C19H22N4O3S. The number of para-hydroxylation sites is 1.